The largest absolute Gasteiger partial charge is 0.337 e. The van der Waals surface area contributed by atoms with Gasteiger partial charge in [-0.2, -0.15) is 0 Å². The first-order valence-electron chi connectivity index (χ1n) is 5.61. The van der Waals surface area contributed by atoms with Gasteiger partial charge >= 0.3 is 6.03 Å². The van der Waals surface area contributed by atoms with Crippen molar-refractivity contribution in [3.05, 3.63) is 30.1 Å². The van der Waals surface area contributed by atoms with Crippen LogP contribution in [0.5, 0.6) is 0 Å². The SMILES string of the molecule is CC(C)NCCNC(=O)Nc1ccc(F)cc1. The molecule has 0 spiro atoms. The van der Waals surface area contributed by atoms with Gasteiger partial charge in [-0.25, -0.2) is 9.18 Å². The molecule has 1 aromatic carbocycles. The van der Waals surface area contributed by atoms with Crippen LogP contribution in [-0.2, 0) is 0 Å². The summed E-state index contributed by atoms with van der Waals surface area (Å²) < 4.78 is 12.6. The predicted molar refractivity (Wildman–Crippen MR) is 66.6 cm³/mol. The Morgan fingerprint density at radius 1 is 1.24 bits per heavy atom. The molecule has 0 unspecified atom stereocenters. The fourth-order valence-electron chi connectivity index (χ4n) is 1.25. The van der Waals surface area contributed by atoms with Gasteiger partial charge in [0, 0.05) is 24.8 Å². The van der Waals surface area contributed by atoms with Crippen LogP contribution in [0.25, 0.3) is 0 Å². The van der Waals surface area contributed by atoms with Gasteiger partial charge in [-0.05, 0) is 24.3 Å². The zero-order valence-corrected chi connectivity index (χ0v) is 10.1. The molecule has 0 saturated heterocycles. The molecule has 0 aliphatic rings. The first kappa shape index (κ1) is 13.4. The minimum atomic E-state index is -0.322. The number of urea groups is 1. The number of halogens is 1. The fourth-order valence-corrected chi connectivity index (χ4v) is 1.25. The third-order valence-electron chi connectivity index (χ3n) is 2.07. The average molecular weight is 239 g/mol. The van der Waals surface area contributed by atoms with E-state index in [-0.39, 0.29) is 11.8 Å². The second kappa shape index (κ2) is 6.85. The van der Waals surface area contributed by atoms with Gasteiger partial charge in [-0.1, -0.05) is 13.8 Å². The van der Waals surface area contributed by atoms with Crippen LogP contribution in [0.2, 0.25) is 0 Å². The molecule has 1 aromatic rings. The smallest absolute Gasteiger partial charge is 0.319 e. The van der Waals surface area contributed by atoms with E-state index < -0.39 is 0 Å². The standard InChI is InChI=1S/C12H18FN3O/c1-9(2)14-7-8-15-12(17)16-11-5-3-10(13)4-6-11/h3-6,9,14H,7-8H2,1-2H3,(H2,15,16,17). The quantitative estimate of drug-likeness (QED) is 0.688. The summed E-state index contributed by atoms with van der Waals surface area (Å²) in [4.78, 5) is 11.4. The summed E-state index contributed by atoms with van der Waals surface area (Å²) in [6, 6.07) is 5.74. The number of carbonyl (C=O) groups excluding carboxylic acids is 1. The number of rotatable bonds is 5. The van der Waals surface area contributed by atoms with Crippen molar-refractivity contribution < 1.29 is 9.18 Å². The number of hydrogen-bond acceptors (Lipinski definition) is 2. The Hall–Kier alpha value is -1.62. The lowest BCUT2D eigenvalue weighted by atomic mass is 10.3. The topological polar surface area (TPSA) is 53.2 Å². The number of nitrogens with one attached hydrogen (secondary N) is 3. The molecule has 0 bridgehead atoms. The average Bonchev–Trinajstić information content (AvgIpc) is 2.27. The maximum absolute atomic E-state index is 12.6. The van der Waals surface area contributed by atoms with Gasteiger partial charge in [0.15, 0.2) is 0 Å². The Balaban J connectivity index is 2.23. The minimum Gasteiger partial charge on any atom is -0.337 e. The van der Waals surface area contributed by atoms with E-state index in [0.717, 1.165) is 0 Å². The van der Waals surface area contributed by atoms with Crippen LogP contribution in [0.15, 0.2) is 24.3 Å². The van der Waals surface area contributed by atoms with Crippen LogP contribution in [0, 0.1) is 5.82 Å². The number of carbonyl (C=O) groups is 1. The Labute approximate surface area is 101 Å². The maximum atomic E-state index is 12.6. The zero-order chi connectivity index (χ0) is 12.7. The first-order chi connectivity index (χ1) is 8.08. The summed E-state index contributed by atoms with van der Waals surface area (Å²) >= 11 is 0. The van der Waals surface area contributed by atoms with Crippen molar-refractivity contribution in [3.63, 3.8) is 0 Å². The number of benzene rings is 1. The van der Waals surface area contributed by atoms with E-state index in [0.29, 0.717) is 24.8 Å². The molecule has 0 aromatic heterocycles. The first-order valence-corrected chi connectivity index (χ1v) is 5.61. The van der Waals surface area contributed by atoms with Gasteiger partial charge in [0.2, 0.25) is 0 Å². The van der Waals surface area contributed by atoms with Crippen molar-refractivity contribution >= 4 is 11.7 Å². The molecule has 0 saturated carbocycles. The lowest BCUT2D eigenvalue weighted by Gasteiger charge is -2.10. The highest BCUT2D eigenvalue weighted by molar-refractivity contribution is 5.89. The fraction of sp³-hybridized carbons (Fsp3) is 0.417. The molecule has 0 heterocycles. The van der Waals surface area contributed by atoms with E-state index in [1.54, 1.807) is 0 Å². The highest BCUT2D eigenvalue weighted by Crippen LogP contribution is 2.07. The molecule has 0 aliphatic heterocycles. The summed E-state index contributed by atoms with van der Waals surface area (Å²) in [5.41, 5.74) is 0.570. The monoisotopic (exact) mass is 239 g/mol. The lowest BCUT2D eigenvalue weighted by Crippen LogP contribution is -2.36. The molecule has 0 radical (unpaired) electrons. The van der Waals surface area contributed by atoms with Crippen LogP contribution in [0.4, 0.5) is 14.9 Å². The molecule has 94 valence electrons. The molecule has 2 amide bonds. The van der Waals surface area contributed by atoms with E-state index in [9.17, 15) is 9.18 Å². The van der Waals surface area contributed by atoms with Crippen LogP contribution in [0.3, 0.4) is 0 Å². The molecule has 0 aliphatic carbocycles. The molecule has 0 atom stereocenters. The van der Waals surface area contributed by atoms with E-state index in [1.165, 1.54) is 24.3 Å². The van der Waals surface area contributed by atoms with Gasteiger partial charge in [0.25, 0.3) is 0 Å². The van der Waals surface area contributed by atoms with Crippen molar-refractivity contribution in [2.45, 2.75) is 19.9 Å². The molecule has 5 heteroatoms. The minimum absolute atomic E-state index is 0.290. The van der Waals surface area contributed by atoms with Crippen molar-refractivity contribution in [2.75, 3.05) is 18.4 Å². The van der Waals surface area contributed by atoms with Crippen LogP contribution < -0.4 is 16.0 Å². The van der Waals surface area contributed by atoms with Crippen LogP contribution in [-0.4, -0.2) is 25.2 Å². The summed E-state index contributed by atoms with van der Waals surface area (Å²) in [6.07, 6.45) is 0. The molecule has 0 fully saturated rings. The summed E-state index contributed by atoms with van der Waals surface area (Å²) in [5, 5.41) is 8.49. The third-order valence-corrected chi connectivity index (χ3v) is 2.07. The summed E-state index contributed by atoms with van der Waals surface area (Å²) in [6.45, 7) is 5.34. The van der Waals surface area contributed by atoms with Gasteiger partial charge in [0.1, 0.15) is 5.82 Å². The lowest BCUT2D eigenvalue weighted by molar-refractivity contribution is 0.252. The molecule has 1 rings (SSSR count). The van der Waals surface area contributed by atoms with Crippen LogP contribution in [0.1, 0.15) is 13.8 Å². The third kappa shape index (κ3) is 5.87. The Morgan fingerprint density at radius 3 is 2.47 bits per heavy atom. The normalized spacial score (nSPS) is 10.4. The number of anilines is 1. The second-order valence-electron chi connectivity index (χ2n) is 4.00. The van der Waals surface area contributed by atoms with Crippen LogP contribution >= 0.6 is 0 Å². The van der Waals surface area contributed by atoms with E-state index in [4.69, 9.17) is 0 Å². The molecular formula is C12H18FN3O. The summed E-state index contributed by atoms with van der Waals surface area (Å²) in [7, 11) is 0. The predicted octanol–water partition coefficient (Wildman–Crippen LogP) is 1.95. The number of amides is 2. The Bertz CT molecular complexity index is 351. The van der Waals surface area contributed by atoms with Gasteiger partial charge < -0.3 is 16.0 Å². The highest BCUT2D eigenvalue weighted by atomic mass is 19.1. The van der Waals surface area contributed by atoms with Gasteiger partial charge in [-0.15, -0.1) is 0 Å². The maximum Gasteiger partial charge on any atom is 0.319 e. The molecule has 4 nitrogen and oxygen atoms in total. The molecular weight excluding hydrogens is 221 g/mol. The van der Waals surface area contributed by atoms with Crippen molar-refractivity contribution in [2.24, 2.45) is 0 Å². The highest BCUT2D eigenvalue weighted by Gasteiger charge is 2.00. The Morgan fingerprint density at radius 2 is 1.88 bits per heavy atom. The van der Waals surface area contributed by atoms with E-state index in [1.807, 2.05) is 13.8 Å². The van der Waals surface area contributed by atoms with Gasteiger partial charge in [0.05, 0.1) is 0 Å². The van der Waals surface area contributed by atoms with Crippen molar-refractivity contribution in [1.82, 2.24) is 10.6 Å². The Kier molecular flexibility index (Phi) is 5.42. The van der Waals surface area contributed by atoms with Gasteiger partial charge in [-0.3, -0.25) is 0 Å². The molecule has 17 heavy (non-hydrogen) atoms. The van der Waals surface area contributed by atoms with Crippen molar-refractivity contribution in [1.29, 1.82) is 0 Å². The molecule has 3 N–H and O–H groups in total. The second-order valence-corrected chi connectivity index (χ2v) is 4.00. The van der Waals surface area contributed by atoms with E-state index in [2.05, 4.69) is 16.0 Å². The number of hydrogen-bond donors (Lipinski definition) is 3. The summed E-state index contributed by atoms with van der Waals surface area (Å²) in [5.74, 6) is -0.322. The van der Waals surface area contributed by atoms with E-state index >= 15 is 0 Å². The van der Waals surface area contributed by atoms with Crippen molar-refractivity contribution in [3.8, 4) is 0 Å². The zero-order valence-electron chi connectivity index (χ0n) is 10.1.